The Labute approximate surface area is 167 Å². The van der Waals surface area contributed by atoms with E-state index in [1.54, 1.807) is 19.2 Å². The molecule has 2 aromatic rings. The molecular formula is C17H19IN4O4. The summed E-state index contributed by atoms with van der Waals surface area (Å²) < 4.78 is 10.7. The molecule has 0 saturated carbocycles. The second-order valence-corrected chi connectivity index (χ2v) is 5.39. The van der Waals surface area contributed by atoms with Gasteiger partial charge in [0.1, 0.15) is 0 Å². The summed E-state index contributed by atoms with van der Waals surface area (Å²) in [6.45, 7) is 1.35. The summed E-state index contributed by atoms with van der Waals surface area (Å²) >= 11 is 0. The third kappa shape index (κ3) is 4.97. The number of nitrogens with one attached hydrogen (secondary N) is 2. The van der Waals surface area contributed by atoms with Crippen LogP contribution < -0.4 is 20.1 Å². The third-order valence-electron chi connectivity index (χ3n) is 3.73. The van der Waals surface area contributed by atoms with Crippen LogP contribution in [-0.2, 0) is 13.1 Å². The van der Waals surface area contributed by atoms with E-state index in [9.17, 15) is 10.1 Å². The quantitative estimate of drug-likeness (QED) is 0.229. The van der Waals surface area contributed by atoms with Crippen molar-refractivity contribution < 1.29 is 14.4 Å². The van der Waals surface area contributed by atoms with Crippen molar-refractivity contribution in [2.75, 3.05) is 13.8 Å². The number of hydrogen-bond donors (Lipinski definition) is 2. The van der Waals surface area contributed by atoms with Crippen molar-refractivity contribution >= 4 is 35.6 Å². The first-order chi connectivity index (χ1) is 12.2. The van der Waals surface area contributed by atoms with Gasteiger partial charge in [0.05, 0.1) is 4.92 Å². The molecule has 1 aliphatic rings. The van der Waals surface area contributed by atoms with Crippen LogP contribution in [0.15, 0.2) is 47.5 Å². The minimum absolute atomic E-state index is 0. The van der Waals surface area contributed by atoms with Crippen molar-refractivity contribution in [3.8, 4) is 11.5 Å². The summed E-state index contributed by atoms with van der Waals surface area (Å²) in [5.74, 6) is 2.13. The Morgan fingerprint density at radius 2 is 1.69 bits per heavy atom. The maximum Gasteiger partial charge on any atom is 0.269 e. The molecule has 8 nitrogen and oxygen atoms in total. The number of fused-ring (bicyclic) bond motifs is 1. The van der Waals surface area contributed by atoms with E-state index in [-0.39, 0.29) is 36.5 Å². The normalized spacial score (nSPS) is 12.3. The first-order valence-electron chi connectivity index (χ1n) is 7.72. The highest BCUT2D eigenvalue weighted by molar-refractivity contribution is 14.0. The van der Waals surface area contributed by atoms with Crippen molar-refractivity contribution in [1.82, 2.24) is 10.6 Å². The van der Waals surface area contributed by atoms with Gasteiger partial charge in [-0.3, -0.25) is 15.1 Å². The zero-order chi connectivity index (χ0) is 17.6. The molecule has 0 bridgehead atoms. The summed E-state index contributed by atoms with van der Waals surface area (Å²) in [5.41, 5.74) is 2.05. The van der Waals surface area contributed by atoms with Crippen LogP contribution in [0.2, 0.25) is 0 Å². The molecule has 138 valence electrons. The number of nitro groups is 1. The molecule has 0 radical (unpaired) electrons. The highest BCUT2D eigenvalue weighted by atomic mass is 127. The van der Waals surface area contributed by atoms with Gasteiger partial charge in [-0.1, -0.05) is 18.2 Å². The van der Waals surface area contributed by atoms with Crippen LogP contribution in [-0.4, -0.2) is 24.7 Å². The molecule has 0 aliphatic carbocycles. The van der Waals surface area contributed by atoms with Gasteiger partial charge in [0.2, 0.25) is 6.79 Å². The van der Waals surface area contributed by atoms with E-state index in [0.717, 1.165) is 22.6 Å². The number of non-ortho nitro benzene ring substituents is 1. The van der Waals surface area contributed by atoms with Gasteiger partial charge >= 0.3 is 0 Å². The molecule has 0 atom stereocenters. The molecule has 3 rings (SSSR count). The molecule has 0 unspecified atom stereocenters. The molecule has 1 aliphatic heterocycles. The lowest BCUT2D eigenvalue weighted by Crippen LogP contribution is -2.36. The molecule has 0 aromatic heterocycles. The van der Waals surface area contributed by atoms with Crippen LogP contribution in [0.25, 0.3) is 0 Å². The average Bonchev–Trinajstić information content (AvgIpc) is 3.10. The van der Waals surface area contributed by atoms with Crippen LogP contribution in [0.4, 0.5) is 5.69 Å². The fourth-order valence-electron chi connectivity index (χ4n) is 2.38. The number of benzene rings is 2. The lowest BCUT2D eigenvalue weighted by molar-refractivity contribution is -0.384. The molecule has 0 saturated heterocycles. The molecule has 26 heavy (non-hydrogen) atoms. The van der Waals surface area contributed by atoms with Gasteiger partial charge in [0.15, 0.2) is 17.5 Å². The zero-order valence-electron chi connectivity index (χ0n) is 14.1. The van der Waals surface area contributed by atoms with Crippen LogP contribution >= 0.6 is 24.0 Å². The van der Waals surface area contributed by atoms with E-state index in [0.29, 0.717) is 19.0 Å². The predicted octanol–water partition coefficient (Wildman–Crippen LogP) is 2.81. The number of guanidine groups is 1. The predicted molar refractivity (Wildman–Crippen MR) is 108 cm³/mol. The zero-order valence-corrected chi connectivity index (χ0v) is 16.4. The molecule has 0 fully saturated rings. The van der Waals surface area contributed by atoms with E-state index >= 15 is 0 Å². The lowest BCUT2D eigenvalue weighted by Gasteiger charge is -2.12. The number of nitro benzene ring substituents is 1. The van der Waals surface area contributed by atoms with Crippen LogP contribution in [0.3, 0.4) is 0 Å². The average molecular weight is 470 g/mol. The lowest BCUT2D eigenvalue weighted by atomic mass is 10.2. The number of halogens is 1. The second-order valence-electron chi connectivity index (χ2n) is 5.39. The van der Waals surface area contributed by atoms with Crippen LogP contribution in [0.5, 0.6) is 11.5 Å². The minimum Gasteiger partial charge on any atom is -0.454 e. The fraction of sp³-hybridized carbons (Fsp3) is 0.235. The molecule has 0 amide bonds. The molecule has 9 heteroatoms. The Kier molecular flexibility index (Phi) is 7.01. The summed E-state index contributed by atoms with van der Waals surface area (Å²) in [4.78, 5) is 14.4. The van der Waals surface area contributed by atoms with Crippen molar-refractivity contribution in [3.05, 3.63) is 63.7 Å². The third-order valence-corrected chi connectivity index (χ3v) is 3.73. The Balaban J connectivity index is 0.00000243. The smallest absolute Gasteiger partial charge is 0.269 e. The number of nitrogens with zero attached hydrogens (tertiary/aromatic N) is 2. The highest BCUT2D eigenvalue weighted by Crippen LogP contribution is 2.32. The van der Waals surface area contributed by atoms with E-state index in [1.165, 1.54) is 12.1 Å². The number of ether oxygens (including phenoxy) is 2. The Morgan fingerprint density at radius 1 is 1.08 bits per heavy atom. The van der Waals surface area contributed by atoms with E-state index in [4.69, 9.17) is 9.47 Å². The summed E-state index contributed by atoms with van der Waals surface area (Å²) in [5, 5.41) is 17.0. The largest absolute Gasteiger partial charge is 0.454 e. The molecule has 0 spiro atoms. The van der Waals surface area contributed by atoms with Crippen molar-refractivity contribution in [3.63, 3.8) is 0 Å². The maximum absolute atomic E-state index is 10.7. The first kappa shape index (κ1) is 19.8. The topological polar surface area (TPSA) is 98.0 Å². The maximum atomic E-state index is 10.7. The molecule has 2 N–H and O–H groups in total. The Morgan fingerprint density at radius 3 is 2.35 bits per heavy atom. The number of aliphatic imine (C=N–C) groups is 1. The minimum atomic E-state index is -0.414. The summed E-state index contributed by atoms with van der Waals surface area (Å²) in [7, 11) is 1.69. The molecule has 1 heterocycles. The molecule has 2 aromatic carbocycles. The monoisotopic (exact) mass is 470 g/mol. The number of hydrogen-bond acceptors (Lipinski definition) is 5. The van der Waals surface area contributed by atoms with E-state index in [1.807, 2.05) is 18.2 Å². The summed E-state index contributed by atoms with van der Waals surface area (Å²) in [6.07, 6.45) is 0. The van der Waals surface area contributed by atoms with E-state index in [2.05, 4.69) is 15.6 Å². The van der Waals surface area contributed by atoms with Crippen molar-refractivity contribution in [2.24, 2.45) is 4.99 Å². The van der Waals surface area contributed by atoms with Gasteiger partial charge in [-0.15, -0.1) is 24.0 Å². The highest BCUT2D eigenvalue weighted by Gasteiger charge is 2.13. The summed E-state index contributed by atoms with van der Waals surface area (Å²) in [6, 6.07) is 12.2. The molecular weight excluding hydrogens is 451 g/mol. The standard InChI is InChI=1S/C17H18N4O4.HI/c1-18-17(19-9-12-2-5-14(6-3-12)21(22)23)20-10-13-4-7-15-16(8-13)25-11-24-15;/h2-8H,9-11H2,1H3,(H2,18,19,20);1H. The van der Waals surface area contributed by atoms with Crippen LogP contribution in [0.1, 0.15) is 11.1 Å². The van der Waals surface area contributed by atoms with Gasteiger partial charge in [-0.05, 0) is 23.3 Å². The first-order valence-corrected chi connectivity index (χ1v) is 7.72. The Bertz CT molecular complexity index is 796. The van der Waals surface area contributed by atoms with Crippen LogP contribution in [0, 0.1) is 10.1 Å². The van der Waals surface area contributed by atoms with Gasteiger partial charge in [0.25, 0.3) is 5.69 Å². The van der Waals surface area contributed by atoms with E-state index < -0.39 is 4.92 Å². The van der Waals surface area contributed by atoms with Crippen molar-refractivity contribution in [2.45, 2.75) is 13.1 Å². The Hall–Kier alpha value is -2.56. The second kappa shape index (κ2) is 9.22. The van der Waals surface area contributed by atoms with Gasteiger partial charge in [-0.2, -0.15) is 0 Å². The van der Waals surface area contributed by atoms with Gasteiger partial charge in [-0.25, -0.2) is 0 Å². The fourth-order valence-corrected chi connectivity index (χ4v) is 2.38. The number of rotatable bonds is 5. The van der Waals surface area contributed by atoms with Gasteiger partial charge in [0, 0.05) is 32.3 Å². The van der Waals surface area contributed by atoms with Gasteiger partial charge < -0.3 is 20.1 Å². The SMILES string of the molecule is CN=C(NCc1ccc([N+](=O)[O-])cc1)NCc1ccc2c(c1)OCO2.I. The van der Waals surface area contributed by atoms with Crippen molar-refractivity contribution in [1.29, 1.82) is 0 Å².